The Balaban J connectivity index is 1.82. The van der Waals surface area contributed by atoms with Crippen molar-refractivity contribution < 1.29 is 13.9 Å². The Labute approximate surface area is 109 Å². The van der Waals surface area contributed by atoms with Crippen LogP contribution in [0.4, 0.5) is 5.69 Å². The number of fused-ring (bicyclic) bond motifs is 1. The van der Waals surface area contributed by atoms with Gasteiger partial charge in [-0.1, -0.05) is 0 Å². The number of rotatable bonds is 4. The van der Waals surface area contributed by atoms with Crippen LogP contribution in [0.25, 0.3) is 11.1 Å². The van der Waals surface area contributed by atoms with Gasteiger partial charge >= 0.3 is 0 Å². The van der Waals surface area contributed by atoms with Crippen LogP contribution in [-0.2, 0) is 16.1 Å². The molecule has 2 aromatic rings. The van der Waals surface area contributed by atoms with Crippen molar-refractivity contribution in [3.8, 4) is 0 Å². The summed E-state index contributed by atoms with van der Waals surface area (Å²) in [5, 5.41) is 2.80. The highest BCUT2D eigenvalue weighted by Crippen LogP contribution is 2.33. The lowest BCUT2D eigenvalue weighted by Crippen LogP contribution is -2.37. The molecule has 6 nitrogen and oxygen atoms in total. The predicted octanol–water partition coefficient (Wildman–Crippen LogP) is 1.40. The standard InChI is InChI=1S/C13H15N3O3/c1-18-7-11-16-9-6-8(2-3-10(9)19-11)15-12(17)13(14)4-5-13/h2-3,6H,4-5,7,14H2,1H3,(H,15,17). The Bertz CT molecular complexity index is 631. The van der Waals surface area contributed by atoms with Gasteiger partial charge in [-0.3, -0.25) is 4.79 Å². The van der Waals surface area contributed by atoms with Crippen LogP contribution in [0.15, 0.2) is 22.6 Å². The molecule has 1 aromatic carbocycles. The molecule has 1 amide bonds. The fourth-order valence-corrected chi connectivity index (χ4v) is 1.86. The molecule has 1 aliphatic carbocycles. The van der Waals surface area contributed by atoms with Crippen LogP contribution in [0.2, 0.25) is 0 Å². The second-order valence-corrected chi connectivity index (χ2v) is 4.83. The zero-order valence-electron chi connectivity index (χ0n) is 10.6. The number of carbonyl (C=O) groups is 1. The van der Waals surface area contributed by atoms with Crippen LogP contribution in [0.1, 0.15) is 18.7 Å². The van der Waals surface area contributed by atoms with E-state index in [1.165, 1.54) is 0 Å². The molecule has 1 heterocycles. The summed E-state index contributed by atoms with van der Waals surface area (Å²) in [5.41, 5.74) is 7.18. The smallest absolute Gasteiger partial charge is 0.244 e. The number of hydrogen-bond donors (Lipinski definition) is 2. The predicted molar refractivity (Wildman–Crippen MR) is 69.5 cm³/mol. The highest BCUT2D eigenvalue weighted by atomic mass is 16.5. The molecule has 6 heteroatoms. The fourth-order valence-electron chi connectivity index (χ4n) is 1.86. The minimum Gasteiger partial charge on any atom is -0.438 e. The zero-order valence-corrected chi connectivity index (χ0v) is 10.6. The number of anilines is 1. The van der Waals surface area contributed by atoms with Crippen molar-refractivity contribution >= 4 is 22.7 Å². The number of carbonyl (C=O) groups excluding carboxylic acids is 1. The first-order valence-corrected chi connectivity index (χ1v) is 6.09. The first kappa shape index (κ1) is 12.1. The molecule has 0 atom stereocenters. The highest BCUT2D eigenvalue weighted by Gasteiger charge is 2.45. The van der Waals surface area contributed by atoms with Gasteiger partial charge in [-0.15, -0.1) is 0 Å². The summed E-state index contributed by atoms with van der Waals surface area (Å²) >= 11 is 0. The van der Waals surface area contributed by atoms with Gasteiger partial charge in [-0.2, -0.15) is 0 Å². The van der Waals surface area contributed by atoms with Crippen molar-refractivity contribution in [2.24, 2.45) is 5.73 Å². The molecule has 3 rings (SSSR count). The Morgan fingerprint density at radius 1 is 1.58 bits per heavy atom. The molecule has 1 saturated carbocycles. The number of nitrogens with zero attached hydrogens (tertiary/aromatic N) is 1. The molecule has 0 spiro atoms. The average molecular weight is 261 g/mol. The van der Waals surface area contributed by atoms with Crippen molar-refractivity contribution in [1.82, 2.24) is 4.98 Å². The summed E-state index contributed by atoms with van der Waals surface area (Å²) in [6.07, 6.45) is 1.48. The van der Waals surface area contributed by atoms with Crippen LogP contribution in [0.3, 0.4) is 0 Å². The van der Waals surface area contributed by atoms with Gasteiger partial charge in [0.05, 0.1) is 5.54 Å². The number of nitrogens with one attached hydrogen (secondary N) is 1. The minimum absolute atomic E-state index is 0.146. The number of ether oxygens (including phenoxy) is 1. The Hall–Kier alpha value is -1.92. The molecular formula is C13H15N3O3. The number of benzene rings is 1. The van der Waals surface area contributed by atoms with E-state index < -0.39 is 5.54 Å². The summed E-state index contributed by atoms with van der Waals surface area (Å²) in [4.78, 5) is 16.1. The lowest BCUT2D eigenvalue weighted by Gasteiger charge is -2.09. The van der Waals surface area contributed by atoms with Crippen LogP contribution in [0, 0.1) is 0 Å². The fraction of sp³-hybridized carbons (Fsp3) is 0.385. The first-order chi connectivity index (χ1) is 9.10. The maximum atomic E-state index is 11.8. The summed E-state index contributed by atoms with van der Waals surface area (Å²) in [6.45, 7) is 0.322. The van der Waals surface area contributed by atoms with Crippen molar-refractivity contribution in [1.29, 1.82) is 0 Å². The van der Waals surface area contributed by atoms with Crippen LogP contribution >= 0.6 is 0 Å². The van der Waals surface area contributed by atoms with E-state index in [4.69, 9.17) is 14.9 Å². The van der Waals surface area contributed by atoms with Crippen molar-refractivity contribution in [2.45, 2.75) is 25.0 Å². The third kappa shape index (κ3) is 2.32. The topological polar surface area (TPSA) is 90.4 Å². The van der Waals surface area contributed by atoms with Gasteiger partial charge in [-0.25, -0.2) is 4.98 Å². The second-order valence-electron chi connectivity index (χ2n) is 4.83. The number of hydrogen-bond acceptors (Lipinski definition) is 5. The maximum absolute atomic E-state index is 11.8. The molecule has 0 radical (unpaired) electrons. The van der Waals surface area contributed by atoms with E-state index in [1.807, 2.05) is 0 Å². The van der Waals surface area contributed by atoms with E-state index in [1.54, 1.807) is 25.3 Å². The number of amides is 1. The van der Waals surface area contributed by atoms with Gasteiger partial charge in [0.15, 0.2) is 5.58 Å². The first-order valence-electron chi connectivity index (χ1n) is 6.09. The summed E-state index contributed by atoms with van der Waals surface area (Å²) in [5.74, 6) is 0.367. The number of nitrogens with two attached hydrogens (primary N) is 1. The Kier molecular flexibility index (Phi) is 2.76. The van der Waals surface area contributed by atoms with E-state index in [2.05, 4.69) is 10.3 Å². The van der Waals surface area contributed by atoms with Crippen LogP contribution in [0.5, 0.6) is 0 Å². The van der Waals surface area contributed by atoms with Gasteiger partial charge in [0.2, 0.25) is 11.8 Å². The molecule has 1 fully saturated rings. The van der Waals surface area contributed by atoms with Crippen molar-refractivity contribution in [3.63, 3.8) is 0 Å². The Morgan fingerprint density at radius 3 is 3.05 bits per heavy atom. The minimum atomic E-state index is -0.681. The molecule has 0 aliphatic heterocycles. The summed E-state index contributed by atoms with van der Waals surface area (Å²) < 4.78 is 10.4. The second kappa shape index (κ2) is 4.32. The SMILES string of the molecule is COCc1nc2cc(NC(=O)C3(N)CC3)ccc2o1. The quantitative estimate of drug-likeness (QED) is 0.868. The Morgan fingerprint density at radius 2 is 2.37 bits per heavy atom. The molecule has 100 valence electrons. The molecule has 19 heavy (non-hydrogen) atoms. The zero-order chi connectivity index (χ0) is 13.5. The van der Waals surface area contributed by atoms with E-state index in [-0.39, 0.29) is 5.91 Å². The third-order valence-electron chi connectivity index (χ3n) is 3.20. The van der Waals surface area contributed by atoms with Crippen LogP contribution in [-0.4, -0.2) is 23.5 Å². The lowest BCUT2D eigenvalue weighted by atomic mass is 10.2. The molecule has 1 aromatic heterocycles. The molecule has 3 N–H and O–H groups in total. The third-order valence-corrected chi connectivity index (χ3v) is 3.20. The van der Waals surface area contributed by atoms with E-state index in [0.29, 0.717) is 29.3 Å². The van der Waals surface area contributed by atoms with Gasteiger partial charge in [0.25, 0.3) is 0 Å². The van der Waals surface area contributed by atoms with Crippen molar-refractivity contribution in [3.05, 3.63) is 24.1 Å². The molecule has 0 unspecified atom stereocenters. The largest absolute Gasteiger partial charge is 0.438 e. The van der Waals surface area contributed by atoms with E-state index >= 15 is 0 Å². The summed E-state index contributed by atoms with van der Waals surface area (Å²) in [6, 6.07) is 5.31. The van der Waals surface area contributed by atoms with E-state index in [9.17, 15) is 4.79 Å². The van der Waals surface area contributed by atoms with Gasteiger partial charge < -0.3 is 20.2 Å². The maximum Gasteiger partial charge on any atom is 0.244 e. The molecule has 0 bridgehead atoms. The average Bonchev–Trinajstić information content (AvgIpc) is 3.00. The van der Waals surface area contributed by atoms with Crippen LogP contribution < -0.4 is 11.1 Å². The lowest BCUT2D eigenvalue weighted by molar-refractivity contribution is -0.118. The van der Waals surface area contributed by atoms with E-state index in [0.717, 1.165) is 12.8 Å². The summed E-state index contributed by atoms with van der Waals surface area (Å²) in [7, 11) is 1.58. The van der Waals surface area contributed by atoms with Crippen molar-refractivity contribution in [2.75, 3.05) is 12.4 Å². The monoisotopic (exact) mass is 261 g/mol. The molecule has 0 saturated heterocycles. The molecule has 1 aliphatic rings. The normalized spacial score (nSPS) is 16.5. The molecular weight excluding hydrogens is 246 g/mol. The number of aromatic nitrogens is 1. The van der Waals surface area contributed by atoms with Gasteiger partial charge in [-0.05, 0) is 31.0 Å². The number of methoxy groups -OCH3 is 1. The highest BCUT2D eigenvalue weighted by molar-refractivity contribution is 6.00. The van der Waals surface area contributed by atoms with Gasteiger partial charge in [0, 0.05) is 12.8 Å². The van der Waals surface area contributed by atoms with Gasteiger partial charge in [0.1, 0.15) is 12.1 Å². The number of oxazole rings is 1.